The number of aromatic nitrogens is 1. The zero-order valence-electron chi connectivity index (χ0n) is 18.0. The number of hydrogen-bond acceptors (Lipinski definition) is 3. The van der Waals surface area contributed by atoms with Gasteiger partial charge >= 0.3 is 0 Å². The highest BCUT2D eigenvalue weighted by Crippen LogP contribution is 2.45. The molecule has 156 valence electrons. The van der Waals surface area contributed by atoms with Crippen molar-refractivity contribution in [1.82, 2.24) is 15.2 Å². The Labute approximate surface area is 205 Å². The van der Waals surface area contributed by atoms with E-state index in [1.165, 1.54) is 0 Å². The first kappa shape index (κ1) is 26.0. The number of rotatable bonds is 5. The summed E-state index contributed by atoms with van der Waals surface area (Å²) in [4.78, 5) is 18.0. The Balaban J connectivity index is 1.86. The van der Waals surface area contributed by atoms with Crippen molar-refractivity contribution in [2.75, 3.05) is 0 Å². The van der Waals surface area contributed by atoms with Gasteiger partial charge in [0.15, 0.2) is 0 Å². The van der Waals surface area contributed by atoms with E-state index in [0.29, 0.717) is 5.69 Å². The van der Waals surface area contributed by atoms with E-state index in [-0.39, 0.29) is 17.1 Å². The third-order valence-electron chi connectivity index (χ3n) is 5.61. The van der Waals surface area contributed by atoms with Crippen LogP contribution in [-0.2, 0) is 6.54 Å². The zero-order chi connectivity index (χ0) is 24.8. The molecule has 3 rings (SSSR count). The first-order chi connectivity index (χ1) is 15.1. The maximum Gasteiger partial charge on any atom is 0.252 e. The molecule has 0 spiro atoms. The van der Waals surface area contributed by atoms with Gasteiger partial charge in [-0.1, -0.05) is 17.7 Å². The maximum absolute atomic E-state index is 16.2. The lowest BCUT2D eigenvalue weighted by Crippen LogP contribution is -2.77. The third kappa shape index (κ3) is 5.22. The highest BCUT2D eigenvalue weighted by molar-refractivity contribution is 6.47. The number of alkyl halides is 1. The van der Waals surface area contributed by atoms with Crippen LogP contribution >= 0.6 is 11.6 Å². The average molecular weight is 453 g/mol. The number of pyridine rings is 1. The minimum absolute atomic E-state index is 0.0277. The second-order valence-corrected chi connectivity index (χ2v) is 9.03. The van der Waals surface area contributed by atoms with E-state index in [0.717, 1.165) is 28.7 Å². The molecule has 0 unspecified atom stereocenters. The molecule has 0 aliphatic carbocycles. The van der Waals surface area contributed by atoms with E-state index in [4.69, 9.17) is 58.7 Å². The highest BCUT2D eigenvalue weighted by atomic mass is 35.5. The smallest absolute Gasteiger partial charge is 0.252 e. The first-order valence-electron chi connectivity index (χ1n) is 9.96. The van der Waals surface area contributed by atoms with Crippen LogP contribution in [0.25, 0.3) is 0 Å². The van der Waals surface area contributed by atoms with E-state index >= 15 is 4.39 Å². The van der Waals surface area contributed by atoms with Gasteiger partial charge in [-0.15, -0.1) is 0 Å². The number of halogens is 3. The average Bonchev–Trinajstić information content (AvgIpc) is 2.67. The fraction of sp³-hybridized carbons (Fsp3) is 0.400. The Morgan fingerprint density at radius 2 is 1.79 bits per heavy atom. The number of carbonyl (C=O) groups excluding carboxylic acids is 1. The van der Waals surface area contributed by atoms with Crippen LogP contribution in [0.5, 0.6) is 0 Å². The molecule has 1 saturated heterocycles. The van der Waals surface area contributed by atoms with Gasteiger partial charge in [0.1, 0.15) is 11.5 Å². The normalized spacial score (nSPS) is 19.2. The second-order valence-electron chi connectivity index (χ2n) is 8.62. The van der Waals surface area contributed by atoms with E-state index < -0.39 is 46.2 Å². The Hall–Kier alpha value is -1.66. The number of aryl methyl sites for hydroxylation is 1. The number of benzene rings is 1. The molecule has 1 amide bonds. The Bertz CT molecular complexity index is 1040. The Morgan fingerprint density at radius 3 is 2.30 bits per heavy atom. The summed E-state index contributed by atoms with van der Waals surface area (Å²) < 4.78 is 29.7. The zero-order valence-corrected chi connectivity index (χ0v) is 18.7. The van der Waals surface area contributed by atoms with E-state index in [1.807, 2.05) is 13.0 Å². The lowest BCUT2D eigenvalue weighted by atomic mass is 9.38. The molecule has 13 heteroatoms. The molecule has 33 heavy (non-hydrogen) atoms. The highest BCUT2D eigenvalue weighted by Gasteiger charge is 2.57. The van der Waals surface area contributed by atoms with Crippen molar-refractivity contribution in [2.45, 2.75) is 48.0 Å². The molecule has 1 fully saturated rings. The van der Waals surface area contributed by atoms with E-state index in [2.05, 4.69) is 10.3 Å². The van der Waals surface area contributed by atoms with Crippen LogP contribution in [0.3, 0.4) is 0 Å². The summed E-state index contributed by atoms with van der Waals surface area (Å²) in [5.74, 6) is -1.61. The number of carbonyl (C=O) groups is 1. The molecule has 0 saturated carbocycles. The van der Waals surface area contributed by atoms with Crippen molar-refractivity contribution in [3.8, 4) is 0 Å². The fourth-order valence-corrected chi connectivity index (χ4v) is 4.11. The van der Waals surface area contributed by atoms with Crippen molar-refractivity contribution in [2.24, 2.45) is 0 Å². The summed E-state index contributed by atoms with van der Waals surface area (Å²) in [5, 5.41) is -4.21. The lowest BCUT2D eigenvalue weighted by molar-refractivity contribution is -0.0100. The standard InChI is InChI=1S/C20H16B6ClF2N3O/c1-11-2-4-13(30-7-11)8-31-20(25,26)17(29)9-18(21,22)32(19(23,24)10-17)16(33)12-3-5-15(28)14(27)6-12/h2-7,31H,8-10H2,1H3. The second kappa shape index (κ2) is 8.84. The van der Waals surface area contributed by atoms with E-state index in [9.17, 15) is 9.18 Å². The molecule has 1 N–H and O–H groups in total. The molecular formula is C20H16B6ClF2N3O. The molecular weight excluding hydrogens is 437 g/mol. The van der Waals surface area contributed by atoms with Gasteiger partial charge in [-0.3, -0.25) is 9.78 Å². The Morgan fingerprint density at radius 1 is 1.18 bits per heavy atom. The number of amides is 1. The van der Waals surface area contributed by atoms with Crippen LogP contribution in [0.4, 0.5) is 8.78 Å². The topological polar surface area (TPSA) is 45.2 Å². The van der Waals surface area contributed by atoms with Gasteiger partial charge in [0.25, 0.3) is 5.91 Å². The fourth-order valence-electron chi connectivity index (χ4n) is 3.93. The predicted octanol–water partition coefficient (Wildman–Crippen LogP) is 0.889. The maximum atomic E-state index is 16.2. The van der Waals surface area contributed by atoms with Crippen LogP contribution in [0.2, 0.25) is 5.02 Å². The van der Waals surface area contributed by atoms with Gasteiger partial charge in [-0.2, -0.15) is 0 Å². The summed E-state index contributed by atoms with van der Waals surface area (Å²) in [6, 6.07) is 6.75. The van der Waals surface area contributed by atoms with Crippen molar-refractivity contribution >= 4 is 64.6 Å². The molecule has 0 bridgehead atoms. The predicted molar refractivity (Wildman–Crippen MR) is 129 cm³/mol. The minimum atomic E-state index is -2.54. The molecule has 2 aromatic rings. The van der Waals surface area contributed by atoms with Gasteiger partial charge in [-0.25, -0.2) is 8.78 Å². The van der Waals surface area contributed by atoms with Crippen molar-refractivity contribution < 1.29 is 13.6 Å². The number of piperidine rings is 1. The summed E-state index contributed by atoms with van der Waals surface area (Å²) in [5.41, 5.74) is -1.13. The molecule has 12 radical (unpaired) electrons. The molecule has 1 aromatic heterocycles. The van der Waals surface area contributed by atoms with Crippen molar-refractivity contribution in [3.63, 3.8) is 0 Å². The van der Waals surface area contributed by atoms with Crippen LogP contribution in [0, 0.1) is 12.7 Å². The van der Waals surface area contributed by atoms with Crippen LogP contribution in [-0.4, -0.2) is 84.6 Å². The van der Waals surface area contributed by atoms with Crippen molar-refractivity contribution in [1.29, 1.82) is 0 Å². The quantitative estimate of drug-likeness (QED) is 0.686. The summed E-state index contributed by atoms with van der Waals surface area (Å²) in [6.07, 6.45) is 0.217. The molecule has 4 nitrogen and oxygen atoms in total. The van der Waals surface area contributed by atoms with Gasteiger partial charge in [0.2, 0.25) is 0 Å². The lowest BCUT2D eigenvalue weighted by Gasteiger charge is -2.62. The number of likely N-dealkylation sites (tertiary alicyclic amines) is 1. The van der Waals surface area contributed by atoms with Gasteiger partial charge in [-0.05, 0) is 65.6 Å². The monoisotopic (exact) mass is 453 g/mol. The summed E-state index contributed by atoms with van der Waals surface area (Å²) in [6.45, 7) is 1.90. The Kier molecular flexibility index (Phi) is 6.96. The summed E-state index contributed by atoms with van der Waals surface area (Å²) in [7, 11) is 36.7. The first-order valence-corrected chi connectivity index (χ1v) is 10.3. The largest absolute Gasteiger partial charge is 0.362 e. The molecule has 0 atom stereocenters. The summed E-state index contributed by atoms with van der Waals surface area (Å²) >= 11 is 5.76. The van der Waals surface area contributed by atoms with Crippen LogP contribution in [0.15, 0.2) is 36.5 Å². The molecule has 1 aliphatic rings. The molecule has 1 aliphatic heterocycles. The third-order valence-corrected chi connectivity index (χ3v) is 5.89. The number of nitrogens with zero attached hydrogens (tertiary/aromatic N) is 2. The van der Waals surface area contributed by atoms with Gasteiger partial charge in [0.05, 0.1) is 57.8 Å². The molecule has 2 heterocycles. The van der Waals surface area contributed by atoms with Gasteiger partial charge < -0.3 is 10.2 Å². The van der Waals surface area contributed by atoms with E-state index in [1.54, 1.807) is 12.3 Å². The number of nitrogens with one attached hydrogen (secondary N) is 1. The van der Waals surface area contributed by atoms with Crippen LogP contribution < -0.4 is 5.32 Å². The van der Waals surface area contributed by atoms with Crippen molar-refractivity contribution in [3.05, 3.63) is 64.2 Å². The molecule has 1 aromatic carbocycles. The van der Waals surface area contributed by atoms with Crippen LogP contribution in [0.1, 0.15) is 34.5 Å². The van der Waals surface area contributed by atoms with Gasteiger partial charge in [0, 0.05) is 18.3 Å². The number of hydrogen-bond donors (Lipinski definition) is 1. The SMILES string of the molecule is [B]C1([B])CC(F)(C([B])([B])NCc2ccc(C)cn2)CC([B])([B])N1C(=O)c1ccc(F)c(Cl)c1. The minimum Gasteiger partial charge on any atom is -0.362 e.